The molecular formula is C14H21NO2S. The molecule has 0 saturated carbocycles. The summed E-state index contributed by atoms with van der Waals surface area (Å²) in [5.41, 5.74) is -0.0461. The number of allylic oxidation sites excluding steroid dienone is 1. The van der Waals surface area contributed by atoms with Crippen LogP contribution in [0.1, 0.15) is 33.6 Å². The molecule has 0 N–H and O–H groups in total. The Bertz CT molecular complexity index is 486. The Kier molecular flexibility index (Phi) is 4.68. The summed E-state index contributed by atoms with van der Waals surface area (Å²) >= 11 is 0. The largest absolute Gasteiger partial charge is 0.245 e. The molecule has 0 amide bonds. The Morgan fingerprint density at radius 1 is 1.39 bits per heavy atom. The van der Waals surface area contributed by atoms with Gasteiger partial charge in [0.25, 0.3) is 0 Å². The first-order valence-electron chi connectivity index (χ1n) is 6.03. The highest BCUT2D eigenvalue weighted by atomic mass is 32.2. The van der Waals surface area contributed by atoms with Crippen molar-refractivity contribution in [2.45, 2.75) is 43.9 Å². The van der Waals surface area contributed by atoms with E-state index in [2.05, 4.69) is 11.6 Å². The molecule has 4 heteroatoms. The van der Waals surface area contributed by atoms with Crippen molar-refractivity contribution in [3.05, 3.63) is 37.1 Å². The third kappa shape index (κ3) is 3.95. The van der Waals surface area contributed by atoms with Gasteiger partial charge in [-0.25, -0.2) is 13.4 Å². The molecule has 0 aliphatic rings. The van der Waals surface area contributed by atoms with Crippen LogP contribution in [0.25, 0.3) is 0 Å². The molecule has 0 aliphatic carbocycles. The van der Waals surface area contributed by atoms with Gasteiger partial charge in [0.2, 0.25) is 0 Å². The lowest BCUT2D eigenvalue weighted by atomic mass is 9.89. The number of pyridine rings is 1. The van der Waals surface area contributed by atoms with Crippen molar-refractivity contribution >= 4 is 9.84 Å². The molecule has 0 unspecified atom stereocenters. The van der Waals surface area contributed by atoms with Gasteiger partial charge in [0.15, 0.2) is 14.9 Å². The van der Waals surface area contributed by atoms with Crippen molar-refractivity contribution in [3.8, 4) is 0 Å². The molecule has 0 aromatic carbocycles. The maximum Gasteiger partial charge on any atom is 0.198 e. The molecule has 1 heterocycles. The Hall–Kier alpha value is -1.16. The highest BCUT2D eigenvalue weighted by Crippen LogP contribution is 2.29. The number of hydrogen-bond acceptors (Lipinski definition) is 3. The molecule has 0 spiro atoms. The minimum atomic E-state index is -3.38. The molecule has 0 aliphatic heterocycles. The molecule has 0 radical (unpaired) electrons. The van der Waals surface area contributed by atoms with E-state index in [1.54, 1.807) is 24.3 Å². The van der Waals surface area contributed by atoms with E-state index in [0.29, 0.717) is 12.8 Å². The van der Waals surface area contributed by atoms with E-state index in [4.69, 9.17) is 0 Å². The second-order valence-corrected chi connectivity index (χ2v) is 7.80. The van der Waals surface area contributed by atoms with Crippen molar-refractivity contribution in [1.82, 2.24) is 4.98 Å². The number of nitrogens with zero attached hydrogens (tertiary/aromatic N) is 1. The number of rotatable bonds is 5. The van der Waals surface area contributed by atoms with Gasteiger partial charge in [-0.05, 0) is 30.4 Å². The van der Waals surface area contributed by atoms with Crippen LogP contribution in [-0.2, 0) is 9.84 Å². The Morgan fingerprint density at radius 2 is 2.06 bits per heavy atom. The van der Waals surface area contributed by atoms with Crippen molar-refractivity contribution in [2.75, 3.05) is 0 Å². The van der Waals surface area contributed by atoms with Crippen molar-refractivity contribution in [2.24, 2.45) is 5.41 Å². The maximum absolute atomic E-state index is 12.5. The fourth-order valence-electron chi connectivity index (χ4n) is 1.87. The first-order valence-corrected chi connectivity index (χ1v) is 7.58. The molecular weight excluding hydrogens is 246 g/mol. The Labute approximate surface area is 110 Å². The predicted octanol–water partition coefficient (Wildman–Crippen LogP) is 3.24. The second-order valence-electron chi connectivity index (χ2n) is 5.62. The number of sulfone groups is 1. The van der Waals surface area contributed by atoms with Gasteiger partial charge in [-0.1, -0.05) is 32.9 Å². The van der Waals surface area contributed by atoms with Crippen molar-refractivity contribution in [3.63, 3.8) is 0 Å². The van der Waals surface area contributed by atoms with E-state index in [0.717, 1.165) is 0 Å². The lowest BCUT2D eigenvalue weighted by molar-refractivity contribution is 0.365. The number of hydrogen-bond donors (Lipinski definition) is 0. The van der Waals surface area contributed by atoms with Gasteiger partial charge < -0.3 is 0 Å². The highest BCUT2D eigenvalue weighted by Gasteiger charge is 2.31. The molecule has 0 saturated heterocycles. The summed E-state index contributed by atoms with van der Waals surface area (Å²) < 4.78 is 25.0. The standard InChI is InChI=1S/C14H21NO2S/c1-5-8-12(11-14(2,3)4)18(16,17)13-9-6-7-10-15-13/h5-7,9-10,12H,1,8,11H2,2-4H3/t12-/m0/s1. The highest BCUT2D eigenvalue weighted by molar-refractivity contribution is 7.92. The molecule has 18 heavy (non-hydrogen) atoms. The summed E-state index contributed by atoms with van der Waals surface area (Å²) in [7, 11) is -3.38. The Morgan fingerprint density at radius 3 is 2.50 bits per heavy atom. The van der Waals surface area contributed by atoms with Crippen LogP contribution in [0, 0.1) is 5.41 Å². The minimum absolute atomic E-state index is 0.0461. The van der Waals surface area contributed by atoms with Gasteiger partial charge in [-0.15, -0.1) is 6.58 Å². The van der Waals surface area contributed by atoms with Gasteiger partial charge in [0.1, 0.15) is 0 Å². The van der Waals surface area contributed by atoms with Gasteiger partial charge >= 0.3 is 0 Å². The van der Waals surface area contributed by atoms with Crippen LogP contribution in [0.2, 0.25) is 0 Å². The van der Waals surface area contributed by atoms with Gasteiger partial charge in [-0.2, -0.15) is 0 Å². The molecule has 0 bridgehead atoms. The summed E-state index contributed by atoms with van der Waals surface area (Å²) in [6.45, 7) is 9.77. The molecule has 3 nitrogen and oxygen atoms in total. The maximum atomic E-state index is 12.5. The normalized spacial score (nSPS) is 14.2. The van der Waals surface area contributed by atoms with Crippen LogP contribution < -0.4 is 0 Å². The van der Waals surface area contributed by atoms with Crippen LogP contribution in [-0.4, -0.2) is 18.7 Å². The monoisotopic (exact) mass is 267 g/mol. The summed E-state index contributed by atoms with van der Waals surface area (Å²) in [6.07, 6.45) is 4.22. The van der Waals surface area contributed by atoms with E-state index in [9.17, 15) is 8.42 Å². The van der Waals surface area contributed by atoms with Crippen LogP contribution in [0.3, 0.4) is 0 Å². The van der Waals surface area contributed by atoms with E-state index in [1.807, 2.05) is 20.8 Å². The van der Waals surface area contributed by atoms with Gasteiger partial charge in [-0.3, -0.25) is 0 Å². The van der Waals surface area contributed by atoms with Crippen LogP contribution in [0.4, 0.5) is 0 Å². The van der Waals surface area contributed by atoms with E-state index >= 15 is 0 Å². The third-order valence-electron chi connectivity index (χ3n) is 2.64. The second kappa shape index (κ2) is 5.65. The average molecular weight is 267 g/mol. The molecule has 1 aromatic rings. The van der Waals surface area contributed by atoms with Gasteiger partial charge in [0, 0.05) is 6.20 Å². The lowest BCUT2D eigenvalue weighted by Gasteiger charge is -2.24. The van der Waals surface area contributed by atoms with Crippen LogP contribution in [0.5, 0.6) is 0 Å². The quantitative estimate of drug-likeness (QED) is 0.769. The van der Waals surface area contributed by atoms with E-state index < -0.39 is 15.1 Å². The minimum Gasteiger partial charge on any atom is -0.245 e. The number of aromatic nitrogens is 1. The van der Waals surface area contributed by atoms with E-state index in [1.165, 1.54) is 6.20 Å². The molecule has 1 aromatic heterocycles. The summed E-state index contributed by atoms with van der Waals surface area (Å²) in [6, 6.07) is 4.96. The zero-order valence-electron chi connectivity index (χ0n) is 11.3. The zero-order chi connectivity index (χ0) is 13.8. The van der Waals surface area contributed by atoms with Crippen molar-refractivity contribution in [1.29, 1.82) is 0 Å². The summed E-state index contributed by atoms with van der Waals surface area (Å²) in [5, 5.41) is -0.300. The fraction of sp³-hybridized carbons (Fsp3) is 0.500. The zero-order valence-corrected chi connectivity index (χ0v) is 12.1. The van der Waals surface area contributed by atoms with Crippen molar-refractivity contribution < 1.29 is 8.42 Å². The predicted molar refractivity (Wildman–Crippen MR) is 74.1 cm³/mol. The molecule has 0 fully saturated rings. The summed E-state index contributed by atoms with van der Waals surface area (Å²) in [5.74, 6) is 0. The van der Waals surface area contributed by atoms with Crippen LogP contribution >= 0.6 is 0 Å². The first-order chi connectivity index (χ1) is 8.27. The first kappa shape index (κ1) is 14.9. The summed E-state index contributed by atoms with van der Waals surface area (Å²) in [4.78, 5) is 3.96. The average Bonchev–Trinajstić information content (AvgIpc) is 2.28. The molecule has 100 valence electrons. The SMILES string of the molecule is C=CC[C@@H](CC(C)(C)C)S(=O)(=O)c1ccccn1. The fourth-order valence-corrected chi connectivity index (χ4v) is 3.80. The smallest absolute Gasteiger partial charge is 0.198 e. The van der Waals surface area contributed by atoms with Crippen LogP contribution in [0.15, 0.2) is 42.1 Å². The molecule has 1 atom stereocenters. The van der Waals surface area contributed by atoms with Gasteiger partial charge in [0.05, 0.1) is 5.25 Å². The third-order valence-corrected chi connectivity index (χ3v) is 4.70. The Balaban J connectivity index is 3.09. The lowest BCUT2D eigenvalue weighted by Crippen LogP contribution is -2.27. The topological polar surface area (TPSA) is 47.0 Å². The van der Waals surface area contributed by atoms with E-state index in [-0.39, 0.29) is 10.4 Å². The molecule has 1 rings (SSSR count).